The van der Waals surface area contributed by atoms with Crippen molar-refractivity contribution in [3.8, 4) is 23.0 Å². The number of rotatable bonds is 6. The van der Waals surface area contributed by atoms with E-state index in [4.69, 9.17) is 9.47 Å². The summed E-state index contributed by atoms with van der Waals surface area (Å²) in [6.45, 7) is 0. The van der Waals surface area contributed by atoms with Gasteiger partial charge in [0.1, 0.15) is 23.0 Å². The fourth-order valence-electron chi connectivity index (χ4n) is 8.53. The lowest BCUT2D eigenvalue weighted by molar-refractivity contribution is -0.124. The van der Waals surface area contributed by atoms with Crippen LogP contribution in [-0.4, -0.2) is 23.6 Å². The van der Waals surface area contributed by atoms with Crippen LogP contribution in [0.15, 0.2) is 97.1 Å². The van der Waals surface area contributed by atoms with E-state index in [1.165, 1.54) is 9.80 Å². The Balaban J connectivity index is 0.885. The number of imide groups is 2. The van der Waals surface area contributed by atoms with Crippen molar-refractivity contribution in [1.82, 2.24) is 0 Å². The van der Waals surface area contributed by atoms with Crippen LogP contribution in [0.2, 0.25) is 0 Å². The van der Waals surface area contributed by atoms with Gasteiger partial charge in [-0.1, -0.05) is 36.4 Å². The third-order valence-electron chi connectivity index (χ3n) is 10.4. The largest absolute Gasteiger partial charge is 0.457 e. The standard InChI is InChI=1S/C36H28N2O6/c39-33-29-19-7-8-20(15-19)30(29)34(40)37(33)23-3-1-5-27(17-23)43-25-11-13-26(14-12-25)44-28-6-2-4-24(18-28)38-35(41)31-21-9-10-22(16-21)32(31)36(38)42/h1-14,17-22,29-32H,15-16H2. The van der Waals surface area contributed by atoms with Crippen molar-refractivity contribution in [3.63, 3.8) is 0 Å². The van der Waals surface area contributed by atoms with Crippen molar-refractivity contribution < 1.29 is 28.7 Å². The van der Waals surface area contributed by atoms with Crippen molar-refractivity contribution in [2.45, 2.75) is 12.8 Å². The van der Waals surface area contributed by atoms with Crippen LogP contribution in [0.5, 0.6) is 23.0 Å². The van der Waals surface area contributed by atoms with E-state index in [0.29, 0.717) is 34.4 Å². The Kier molecular flexibility index (Phi) is 5.37. The summed E-state index contributed by atoms with van der Waals surface area (Å²) in [7, 11) is 0. The van der Waals surface area contributed by atoms with Gasteiger partial charge >= 0.3 is 0 Å². The highest BCUT2D eigenvalue weighted by molar-refractivity contribution is 6.23. The maximum atomic E-state index is 13.2. The number of fused-ring (bicyclic) bond motifs is 10. The molecule has 0 aromatic heterocycles. The molecule has 9 rings (SSSR count). The number of carbonyl (C=O) groups excluding carboxylic acids is 4. The van der Waals surface area contributed by atoms with E-state index in [1.807, 2.05) is 0 Å². The zero-order valence-electron chi connectivity index (χ0n) is 23.6. The summed E-state index contributed by atoms with van der Waals surface area (Å²) in [5.74, 6) is 1.29. The molecule has 8 atom stereocenters. The first kappa shape index (κ1) is 25.5. The molecule has 44 heavy (non-hydrogen) atoms. The highest BCUT2D eigenvalue weighted by atomic mass is 16.5. The minimum atomic E-state index is -0.251. The highest BCUT2D eigenvalue weighted by Crippen LogP contribution is 2.54. The van der Waals surface area contributed by atoms with Gasteiger partial charge in [-0.05, 0) is 85.0 Å². The first-order chi connectivity index (χ1) is 21.4. The zero-order chi connectivity index (χ0) is 29.7. The van der Waals surface area contributed by atoms with E-state index in [9.17, 15) is 19.2 Å². The van der Waals surface area contributed by atoms with E-state index in [0.717, 1.165) is 12.8 Å². The highest BCUT2D eigenvalue weighted by Gasteiger charge is 2.60. The molecule has 2 saturated heterocycles. The number of allylic oxidation sites excluding steroid dienone is 4. The summed E-state index contributed by atoms with van der Waals surface area (Å²) in [6, 6.07) is 21.2. The molecule has 2 saturated carbocycles. The van der Waals surface area contributed by atoms with Gasteiger partial charge < -0.3 is 9.47 Å². The van der Waals surface area contributed by atoms with Crippen molar-refractivity contribution in [3.05, 3.63) is 97.1 Å². The van der Waals surface area contributed by atoms with Gasteiger partial charge in [0.25, 0.3) is 0 Å². The molecule has 6 aliphatic rings. The van der Waals surface area contributed by atoms with E-state index in [1.54, 1.807) is 72.8 Å². The maximum Gasteiger partial charge on any atom is 0.238 e. The van der Waals surface area contributed by atoms with Gasteiger partial charge in [-0.3, -0.25) is 19.2 Å². The lowest BCUT2D eigenvalue weighted by Gasteiger charge is -2.18. The molecule has 8 unspecified atom stereocenters. The molecule has 0 N–H and O–H groups in total. The van der Waals surface area contributed by atoms with Crippen LogP contribution >= 0.6 is 0 Å². The van der Waals surface area contributed by atoms with Gasteiger partial charge in [0.05, 0.1) is 35.0 Å². The SMILES string of the molecule is O=C1C2C3C=CC(C3)C2C(=O)N1c1cccc(Oc2ccc(Oc3cccc(N4C(=O)C5C6C=CC(C6)C5C4=O)c3)cc2)c1. The zero-order valence-corrected chi connectivity index (χ0v) is 23.6. The van der Waals surface area contributed by atoms with Crippen LogP contribution in [-0.2, 0) is 19.2 Å². The van der Waals surface area contributed by atoms with Gasteiger partial charge in [0.15, 0.2) is 0 Å². The molecular formula is C36H28N2O6. The summed E-state index contributed by atoms with van der Waals surface area (Å²) in [6.07, 6.45) is 10.1. The summed E-state index contributed by atoms with van der Waals surface area (Å²) in [5, 5.41) is 0. The molecule has 0 spiro atoms. The van der Waals surface area contributed by atoms with Gasteiger partial charge in [-0.15, -0.1) is 0 Å². The summed E-state index contributed by atoms with van der Waals surface area (Å²) in [4.78, 5) is 55.6. The second-order valence-electron chi connectivity index (χ2n) is 12.7. The predicted molar refractivity (Wildman–Crippen MR) is 160 cm³/mol. The smallest absolute Gasteiger partial charge is 0.238 e. The summed E-state index contributed by atoms with van der Waals surface area (Å²) in [5.41, 5.74) is 1.04. The molecule has 4 aliphatic carbocycles. The average Bonchev–Trinajstić information content (AvgIpc) is 3.87. The van der Waals surface area contributed by atoms with Crippen LogP contribution in [0.25, 0.3) is 0 Å². The minimum Gasteiger partial charge on any atom is -0.457 e. The molecule has 2 heterocycles. The normalized spacial score (nSPS) is 32.3. The maximum absolute atomic E-state index is 13.2. The van der Waals surface area contributed by atoms with Crippen LogP contribution in [0.3, 0.4) is 0 Å². The summed E-state index contributed by atoms with van der Waals surface area (Å²) >= 11 is 0. The van der Waals surface area contributed by atoms with E-state index >= 15 is 0 Å². The Hall–Kier alpha value is -4.98. The van der Waals surface area contributed by atoms with Gasteiger partial charge in [0, 0.05) is 12.1 Å². The van der Waals surface area contributed by atoms with Crippen molar-refractivity contribution >= 4 is 35.0 Å². The number of anilines is 2. The van der Waals surface area contributed by atoms with Gasteiger partial charge in [0.2, 0.25) is 23.6 Å². The van der Waals surface area contributed by atoms with Crippen molar-refractivity contribution in [1.29, 1.82) is 0 Å². The Bertz CT molecular complexity index is 1640. The number of amides is 4. The third kappa shape index (κ3) is 3.63. The van der Waals surface area contributed by atoms with E-state index in [-0.39, 0.29) is 71.0 Å². The van der Waals surface area contributed by atoms with Gasteiger partial charge in [-0.2, -0.15) is 0 Å². The molecule has 8 nitrogen and oxygen atoms in total. The fraction of sp³-hybridized carbons (Fsp3) is 0.278. The second kappa shape index (κ2) is 9.26. The molecule has 2 aliphatic heterocycles. The van der Waals surface area contributed by atoms with Crippen LogP contribution in [0.1, 0.15) is 12.8 Å². The number of hydrogen-bond donors (Lipinski definition) is 0. The molecule has 4 amide bonds. The summed E-state index contributed by atoms with van der Waals surface area (Å²) < 4.78 is 12.1. The Morgan fingerprint density at radius 1 is 0.455 bits per heavy atom. The number of benzene rings is 3. The number of hydrogen-bond acceptors (Lipinski definition) is 6. The second-order valence-corrected chi connectivity index (χ2v) is 12.7. The lowest BCUT2D eigenvalue weighted by Crippen LogP contribution is -2.32. The quantitative estimate of drug-likeness (QED) is 0.265. The fourth-order valence-corrected chi connectivity index (χ4v) is 8.53. The number of ether oxygens (including phenoxy) is 2. The first-order valence-electron chi connectivity index (χ1n) is 15.2. The number of carbonyl (C=O) groups is 4. The molecule has 0 radical (unpaired) electrons. The Labute approximate surface area is 253 Å². The first-order valence-corrected chi connectivity index (χ1v) is 15.2. The van der Waals surface area contributed by atoms with Crippen LogP contribution in [0, 0.1) is 47.3 Å². The number of nitrogens with zero attached hydrogens (tertiary/aromatic N) is 2. The average molecular weight is 585 g/mol. The van der Waals surface area contributed by atoms with E-state index < -0.39 is 0 Å². The molecule has 8 heteroatoms. The van der Waals surface area contributed by atoms with Crippen molar-refractivity contribution in [2.75, 3.05) is 9.80 Å². The molecule has 4 bridgehead atoms. The lowest BCUT2D eigenvalue weighted by atomic mass is 9.85. The molecule has 3 aromatic rings. The van der Waals surface area contributed by atoms with E-state index in [2.05, 4.69) is 24.3 Å². The van der Waals surface area contributed by atoms with Crippen LogP contribution in [0.4, 0.5) is 11.4 Å². The molecule has 218 valence electrons. The third-order valence-corrected chi connectivity index (χ3v) is 10.4. The molecule has 3 aromatic carbocycles. The van der Waals surface area contributed by atoms with Crippen molar-refractivity contribution in [2.24, 2.45) is 47.3 Å². The molecule has 4 fully saturated rings. The Morgan fingerprint density at radius 3 is 1.14 bits per heavy atom. The predicted octanol–water partition coefficient (Wildman–Crippen LogP) is 5.89. The monoisotopic (exact) mass is 584 g/mol. The van der Waals surface area contributed by atoms with Gasteiger partial charge in [-0.25, -0.2) is 9.80 Å². The molecular weight excluding hydrogens is 556 g/mol. The minimum absolute atomic E-state index is 0.120. The topological polar surface area (TPSA) is 93.2 Å². The van der Waals surface area contributed by atoms with Crippen LogP contribution < -0.4 is 19.3 Å². The Morgan fingerprint density at radius 2 is 0.795 bits per heavy atom.